The number of nitrogen functional groups attached to an aromatic ring is 1. The molecule has 1 atom stereocenters. The first kappa shape index (κ1) is 29.1. The Bertz CT molecular complexity index is 1380. The highest BCUT2D eigenvalue weighted by atomic mass is 35.5. The van der Waals surface area contributed by atoms with Crippen LogP contribution in [0.2, 0.25) is 10.3 Å². The van der Waals surface area contributed by atoms with Crippen molar-refractivity contribution >= 4 is 52.6 Å². The zero-order valence-corrected chi connectivity index (χ0v) is 24.9. The molecule has 15 heteroatoms. The highest BCUT2D eigenvalue weighted by molar-refractivity contribution is 6.32. The van der Waals surface area contributed by atoms with E-state index in [-0.39, 0.29) is 27.9 Å². The molecule has 2 aliphatic rings. The molecule has 220 valence electrons. The van der Waals surface area contributed by atoms with Crippen molar-refractivity contribution in [3.05, 3.63) is 28.0 Å². The smallest absolute Gasteiger partial charge is 0.315 e. The number of hydrogen-bond acceptors (Lipinski definition) is 12. The number of hydrogen-bond donors (Lipinski definition) is 3. The van der Waals surface area contributed by atoms with Crippen LogP contribution in [0.3, 0.4) is 0 Å². The van der Waals surface area contributed by atoms with E-state index in [0.717, 1.165) is 38.9 Å². The van der Waals surface area contributed by atoms with Gasteiger partial charge in [-0.2, -0.15) is 0 Å². The van der Waals surface area contributed by atoms with E-state index >= 15 is 0 Å². The Balaban J connectivity index is 1.25. The second-order valence-electron chi connectivity index (χ2n) is 10.1. The lowest BCUT2D eigenvalue weighted by Crippen LogP contribution is -2.58. The number of carbonyl (C=O) groups excluding carboxylic acids is 1. The van der Waals surface area contributed by atoms with Crippen LogP contribution in [-0.4, -0.2) is 99.3 Å². The molecule has 1 unspecified atom stereocenters. The lowest BCUT2D eigenvalue weighted by Gasteiger charge is -2.47. The fourth-order valence-corrected chi connectivity index (χ4v) is 5.98. The quantitative estimate of drug-likeness (QED) is 0.323. The Labute approximate surface area is 248 Å². The summed E-state index contributed by atoms with van der Waals surface area (Å²) >= 11 is 12.6. The largest absolute Gasteiger partial charge is 0.402 e. The predicted molar refractivity (Wildman–Crippen MR) is 160 cm³/mol. The number of aromatic nitrogens is 5. The molecule has 0 bridgehead atoms. The van der Waals surface area contributed by atoms with Crippen LogP contribution in [0.15, 0.2) is 16.5 Å². The maximum Gasteiger partial charge on any atom is 0.315 e. The zero-order valence-electron chi connectivity index (χ0n) is 23.4. The molecule has 2 fully saturated rings. The van der Waals surface area contributed by atoms with Crippen LogP contribution in [-0.2, 0) is 0 Å². The van der Waals surface area contributed by atoms with Crippen LogP contribution in [0.25, 0.3) is 11.6 Å². The van der Waals surface area contributed by atoms with Crippen molar-refractivity contribution in [1.29, 1.82) is 0 Å². The number of nitrogens with zero attached hydrogens (tertiary/aromatic N) is 8. The van der Waals surface area contributed by atoms with Gasteiger partial charge >= 0.3 is 6.01 Å². The summed E-state index contributed by atoms with van der Waals surface area (Å²) in [5.41, 5.74) is 6.76. The molecular weight excluding hydrogens is 569 g/mol. The Hall–Kier alpha value is -3.42. The lowest BCUT2D eigenvalue weighted by atomic mass is 9.97. The van der Waals surface area contributed by atoms with Crippen molar-refractivity contribution in [3.8, 4) is 11.6 Å². The summed E-state index contributed by atoms with van der Waals surface area (Å²) in [6.45, 7) is 8.51. The summed E-state index contributed by atoms with van der Waals surface area (Å²) < 4.78 is 5.67. The second kappa shape index (κ2) is 12.6. The first-order chi connectivity index (χ1) is 19.8. The minimum absolute atomic E-state index is 0.0997. The summed E-state index contributed by atoms with van der Waals surface area (Å²) in [7, 11) is 1.77. The third-order valence-electron chi connectivity index (χ3n) is 7.67. The molecule has 5 heterocycles. The topological polar surface area (TPSA) is 154 Å². The van der Waals surface area contributed by atoms with Gasteiger partial charge in [0.25, 0.3) is 11.8 Å². The number of piperidine rings is 1. The minimum atomic E-state index is -0.0997. The van der Waals surface area contributed by atoms with Crippen LogP contribution in [0, 0.1) is 0 Å². The summed E-state index contributed by atoms with van der Waals surface area (Å²) in [6.07, 6.45) is 2.75. The van der Waals surface area contributed by atoms with Gasteiger partial charge < -0.3 is 30.6 Å². The van der Waals surface area contributed by atoms with Gasteiger partial charge in [0, 0.05) is 58.4 Å². The second-order valence-corrected chi connectivity index (χ2v) is 10.8. The number of rotatable bonds is 8. The van der Waals surface area contributed by atoms with Crippen LogP contribution in [0.1, 0.15) is 43.5 Å². The number of carbonyl (C=O) groups is 1. The molecule has 2 saturated heterocycles. The predicted octanol–water partition coefficient (Wildman–Crippen LogP) is 3.49. The van der Waals surface area contributed by atoms with E-state index in [1.54, 1.807) is 19.2 Å². The van der Waals surface area contributed by atoms with Crippen molar-refractivity contribution in [2.24, 2.45) is 0 Å². The van der Waals surface area contributed by atoms with Crippen LogP contribution in [0.5, 0.6) is 0 Å². The van der Waals surface area contributed by atoms with E-state index in [0.29, 0.717) is 60.6 Å². The molecule has 13 nitrogen and oxygen atoms in total. The number of halogens is 2. The van der Waals surface area contributed by atoms with E-state index in [1.807, 2.05) is 11.8 Å². The van der Waals surface area contributed by atoms with Crippen molar-refractivity contribution in [1.82, 2.24) is 34.9 Å². The van der Waals surface area contributed by atoms with Crippen LogP contribution in [0.4, 0.5) is 23.5 Å². The third kappa shape index (κ3) is 6.11. The molecule has 0 aliphatic carbocycles. The summed E-state index contributed by atoms with van der Waals surface area (Å²) in [6, 6.07) is 4.25. The summed E-state index contributed by atoms with van der Waals surface area (Å²) in [4.78, 5) is 33.1. The van der Waals surface area contributed by atoms with E-state index in [1.165, 1.54) is 0 Å². The van der Waals surface area contributed by atoms with Crippen molar-refractivity contribution in [2.45, 2.75) is 45.2 Å². The first-order valence-corrected chi connectivity index (χ1v) is 14.6. The molecule has 5 rings (SSSR count). The van der Waals surface area contributed by atoms with Gasteiger partial charge in [-0.15, -0.1) is 5.10 Å². The van der Waals surface area contributed by atoms with Gasteiger partial charge in [-0.25, -0.2) is 15.0 Å². The minimum Gasteiger partial charge on any atom is -0.402 e. The average molecular weight is 605 g/mol. The number of anilines is 4. The van der Waals surface area contributed by atoms with Gasteiger partial charge in [0.05, 0.1) is 5.56 Å². The monoisotopic (exact) mass is 603 g/mol. The fraction of sp³-hybridized carbons (Fsp3) is 0.538. The van der Waals surface area contributed by atoms with Gasteiger partial charge in [0.1, 0.15) is 11.0 Å². The molecule has 2 aliphatic heterocycles. The molecule has 3 aromatic heterocycles. The molecule has 1 amide bonds. The Morgan fingerprint density at radius 3 is 2.56 bits per heavy atom. The number of piperazine rings is 1. The van der Waals surface area contributed by atoms with E-state index in [9.17, 15) is 4.79 Å². The normalized spacial score (nSPS) is 18.5. The van der Waals surface area contributed by atoms with Gasteiger partial charge in [0.15, 0.2) is 22.5 Å². The van der Waals surface area contributed by atoms with Gasteiger partial charge in [-0.05, 0) is 38.3 Å². The molecule has 0 saturated carbocycles. The lowest BCUT2D eigenvalue weighted by molar-refractivity contribution is 0.0491. The number of amides is 1. The maximum absolute atomic E-state index is 13.1. The molecule has 41 heavy (non-hydrogen) atoms. The van der Waals surface area contributed by atoms with Crippen LogP contribution >= 0.6 is 23.2 Å². The van der Waals surface area contributed by atoms with Gasteiger partial charge in [-0.1, -0.05) is 35.2 Å². The molecule has 3 aromatic rings. The number of likely N-dealkylation sites (tertiary alicyclic amines) is 1. The van der Waals surface area contributed by atoms with E-state index in [4.69, 9.17) is 38.3 Å². The van der Waals surface area contributed by atoms with Crippen LogP contribution < -0.4 is 21.3 Å². The highest BCUT2D eigenvalue weighted by Crippen LogP contribution is 2.33. The molecule has 0 radical (unpaired) electrons. The Kier molecular flexibility index (Phi) is 8.95. The number of pyridine rings is 1. The van der Waals surface area contributed by atoms with E-state index in [2.05, 4.69) is 47.5 Å². The molecule has 4 N–H and O–H groups in total. The number of nitrogens with two attached hydrogens (primary N) is 1. The summed E-state index contributed by atoms with van der Waals surface area (Å²) in [5.74, 6) is 1.44. The Morgan fingerprint density at radius 2 is 1.88 bits per heavy atom. The van der Waals surface area contributed by atoms with Crippen molar-refractivity contribution in [3.63, 3.8) is 0 Å². The SMILES string of the molecule is CCNc1nnc(-c2nc(Cl)c(N3CCN(C4CCN(C(=O)c5ccc(Cl)nc5N)CC4)C(CC)C3)nc2NC)o1. The first-order valence-electron chi connectivity index (χ1n) is 13.9. The number of nitrogens with one attached hydrogen (secondary N) is 2. The zero-order chi connectivity index (χ0) is 29.1. The van der Waals surface area contributed by atoms with E-state index < -0.39 is 0 Å². The molecule has 0 aromatic carbocycles. The third-order valence-corrected chi connectivity index (χ3v) is 8.13. The standard InChI is InChI=1S/C26H35Cl2N11O2/c1-4-15-14-38(23-20(28)33-19(22(30-3)34-23)24-35-36-26(41-24)31-5-2)12-13-39(15)16-8-10-37(11-9-16)25(40)17-6-7-18(27)32-21(17)29/h6-7,15-16H,4-5,8-14H2,1-3H3,(H2,29,32)(H,30,34)(H,31,36). The van der Waals surface area contributed by atoms with Gasteiger partial charge in [-0.3, -0.25) is 9.69 Å². The maximum atomic E-state index is 13.1. The summed E-state index contributed by atoms with van der Waals surface area (Å²) in [5, 5.41) is 14.7. The molecule has 0 spiro atoms. The fourth-order valence-electron chi connectivity index (χ4n) is 5.58. The van der Waals surface area contributed by atoms with Crippen molar-refractivity contribution < 1.29 is 9.21 Å². The van der Waals surface area contributed by atoms with Gasteiger partial charge in [0.2, 0.25) is 0 Å². The molecular formula is C26H35Cl2N11O2. The Morgan fingerprint density at radius 1 is 1.10 bits per heavy atom. The van der Waals surface area contributed by atoms with Crippen molar-refractivity contribution in [2.75, 3.05) is 67.6 Å². The average Bonchev–Trinajstić information content (AvgIpc) is 3.45. The highest BCUT2D eigenvalue weighted by Gasteiger charge is 2.35.